The van der Waals surface area contributed by atoms with E-state index in [1.54, 1.807) is 0 Å². The van der Waals surface area contributed by atoms with E-state index in [-0.39, 0.29) is 0 Å². The van der Waals surface area contributed by atoms with Crippen molar-refractivity contribution in [3.05, 3.63) is 66.2 Å². The van der Waals surface area contributed by atoms with Gasteiger partial charge in [-0.05, 0) is 12.1 Å². The van der Waals surface area contributed by atoms with Crippen LogP contribution in [0, 0.1) is 0 Å². The Labute approximate surface area is 101 Å². The first-order valence-corrected chi connectivity index (χ1v) is 5.39. The van der Waals surface area contributed by atoms with E-state index in [0.29, 0.717) is 5.84 Å². The van der Waals surface area contributed by atoms with Crippen molar-refractivity contribution in [1.82, 2.24) is 0 Å². The molecule has 0 aliphatic heterocycles. The van der Waals surface area contributed by atoms with Crippen molar-refractivity contribution >= 4 is 11.5 Å². The molecule has 0 atom stereocenters. The van der Waals surface area contributed by atoms with Crippen molar-refractivity contribution in [2.24, 2.45) is 5.16 Å². The minimum atomic E-state index is 0.525. The molecule has 3 nitrogen and oxygen atoms in total. The van der Waals surface area contributed by atoms with E-state index in [1.807, 2.05) is 72.6 Å². The lowest BCUT2D eigenvalue weighted by Crippen LogP contribution is -2.27. The van der Waals surface area contributed by atoms with Crippen LogP contribution in [-0.4, -0.2) is 18.1 Å². The highest BCUT2D eigenvalue weighted by atomic mass is 16.4. The Kier molecular flexibility index (Phi) is 3.40. The fraction of sp³-hybridized carbons (Fsp3) is 0.0714. The number of nitrogens with zero attached hydrogens (tertiary/aromatic N) is 2. The minimum Gasteiger partial charge on any atom is -0.409 e. The van der Waals surface area contributed by atoms with Crippen molar-refractivity contribution in [2.75, 3.05) is 11.9 Å². The molecule has 0 aliphatic rings. The van der Waals surface area contributed by atoms with Gasteiger partial charge in [-0.2, -0.15) is 0 Å². The standard InChI is InChI=1S/C14H14N2O/c1-16(13-10-6-3-7-11-13)14(15-17)12-8-4-2-5-9-12/h2-11,17H,1H3/b15-14-. The van der Waals surface area contributed by atoms with Crippen molar-refractivity contribution < 1.29 is 5.21 Å². The van der Waals surface area contributed by atoms with Gasteiger partial charge < -0.3 is 10.1 Å². The molecular weight excluding hydrogens is 212 g/mol. The monoisotopic (exact) mass is 226 g/mol. The maximum atomic E-state index is 9.16. The van der Waals surface area contributed by atoms with Crippen LogP contribution in [0.5, 0.6) is 0 Å². The predicted octanol–water partition coefficient (Wildman–Crippen LogP) is 2.96. The van der Waals surface area contributed by atoms with E-state index < -0.39 is 0 Å². The Hall–Kier alpha value is -2.29. The van der Waals surface area contributed by atoms with Crippen LogP contribution in [0.25, 0.3) is 0 Å². The Morgan fingerprint density at radius 3 is 2.00 bits per heavy atom. The third-order valence-electron chi connectivity index (χ3n) is 2.59. The molecule has 0 spiro atoms. The summed E-state index contributed by atoms with van der Waals surface area (Å²) in [5, 5.41) is 12.5. The Morgan fingerprint density at radius 2 is 1.47 bits per heavy atom. The van der Waals surface area contributed by atoms with Crippen molar-refractivity contribution in [3.63, 3.8) is 0 Å². The van der Waals surface area contributed by atoms with E-state index >= 15 is 0 Å². The topological polar surface area (TPSA) is 35.8 Å². The van der Waals surface area contributed by atoms with Gasteiger partial charge in [0.2, 0.25) is 0 Å². The lowest BCUT2D eigenvalue weighted by molar-refractivity contribution is 0.318. The second-order valence-electron chi connectivity index (χ2n) is 3.68. The van der Waals surface area contributed by atoms with Gasteiger partial charge in [-0.1, -0.05) is 53.7 Å². The maximum Gasteiger partial charge on any atom is 0.179 e. The fourth-order valence-electron chi connectivity index (χ4n) is 1.68. The van der Waals surface area contributed by atoms with Crippen molar-refractivity contribution in [1.29, 1.82) is 0 Å². The van der Waals surface area contributed by atoms with Crippen LogP contribution in [0.1, 0.15) is 5.56 Å². The molecule has 0 unspecified atom stereocenters. The third-order valence-corrected chi connectivity index (χ3v) is 2.59. The zero-order chi connectivity index (χ0) is 12.1. The molecule has 0 fully saturated rings. The molecule has 86 valence electrons. The molecule has 0 bridgehead atoms. The normalized spacial score (nSPS) is 11.2. The quantitative estimate of drug-likeness (QED) is 0.370. The summed E-state index contributed by atoms with van der Waals surface area (Å²) >= 11 is 0. The number of hydrogen-bond acceptors (Lipinski definition) is 2. The van der Waals surface area contributed by atoms with Gasteiger partial charge in [0.1, 0.15) is 0 Å². The molecule has 17 heavy (non-hydrogen) atoms. The van der Waals surface area contributed by atoms with Crippen molar-refractivity contribution in [2.45, 2.75) is 0 Å². The molecule has 2 aromatic rings. The summed E-state index contributed by atoms with van der Waals surface area (Å²) in [7, 11) is 1.87. The molecule has 0 heterocycles. The number of benzene rings is 2. The molecule has 0 amide bonds. The average Bonchev–Trinajstić information content (AvgIpc) is 2.42. The average molecular weight is 226 g/mol. The zero-order valence-electron chi connectivity index (χ0n) is 9.62. The molecule has 0 aromatic heterocycles. The predicted molar refractivity (Wildman–Crippen MR) is 69.6 cm³/mol. The van der Waals surface area contributed by atoms with E-state index in [4.69, 9.17) is 5.21 Å². The zero-order valence-corrected chi connectivity index (χ0v) is 9.62. The molecule has 2 rings (SSSR count). The first-order valence-electron chi connectivity index (χ1n) is 5.39. The minimum absolute atomic E-state index is 0.525. The van der Waals surface area contributed by atoms with Gasteiger partial charge in [-0.25, -0.2) is 0 Å². The lowest BCUT2D eigenvalue weighted by Gasteiger charge is -2.20. The highest BCUT2D eigenvalue weighted by Gasteiger charge is 2.11. The number of anilines is 1. The summed E-state index contributed by atoms with van der Waals surface area (Å²) in [6.07, 6.45) is 0. The Balaban J connectivity index is 2.33. The maximum absolute atomic E-state index is 9.16. The van der Waals surface area contributed by atoms with Gasteiger partial charge >= 0.3 is 0 Å². The van der Waals surface area contributed by atoms with E-state index in [2.05, 4.69) is 5.16 Å². The third kappa shape index (κ3) is 2.45. The Morgan fingerprint density at radius 1 is 0.941 bits per heavy atom. The molecule has 0 aliphatic carbocycles. The van der Waals surface area contributed by atoms with Gasteiger partial charge in [-0.15, -0.1) is 0 Å². The smallest absolute Gasteiger partial charge is 0.179 e. The number of hydrogen-bond donors (Lipinski definition) is 1. The summed E-state index contributed by atoms with van der Waals surface area (Å²) in [6, 6.07) is 19.4. The number of rotatable bonds is 2. The van der Waals surface area contributed by atoms with Gasteiger partial charge in [0.15, 0.2) is 5.84 Å². The van der Waals surface area contributed by atoms with Crippen LogP contribution in [0.3, 0.4) is 0 Å². The van der Waals surface area contributed by atoms with Crippen LogP contribution in [0.4, 0.5) is 5.69 Å². The summed E-state index contributed by atoms with van der Waals surface area (Å²) in [6.45, 7) is 0. The molecule has 1 N–H and O–H groups in total. The summed E-state index contributed by atoms with van der Waals surface area (Å²) < 4.78 is 0. The summed E-state index contributed by atoms with van der Waals surface area (Å²) in [5.41, 5.74) is 1.85. The summed E-state index contributed by atoms with van der Waals surface area (Å²) in [5.74, 6) is 0.525. The van der Waals surface area contributed by atoms with Crippen molar-refractivity contribution in [3.8, 4) is 0 Å². The second-order valence-corrected chi connectivity index (χ2v) is 3.68. The van der Waals surface area contributed by atoms with Gasteiger partial charge in [0.05, 0.1) is 0 Å². The first-order chi connectivity index (χ1) is 8.33. The number of amidine groups is 1. The highest BCUT2D eigenvalue weighted by Crippen LogP contribution is 2.15. The number of para-hydroxylation sites is 1. The molecule has 0 saturated carbocycles. The lowest BCUT2D eigenvalue weighted by atomic mass is 10.2. The van der Waals surface area contributed by atoms with E-state index in [9.17, 15) is 0 Å². The Bertz CT molecular complexity index is 494. The highest BCUT2D eigenvalue weighted by molar-refractivity contribution is 6.09. The van der Waals surface area contributed by atoms with Crippen LogP contribution >= 0.6 is 0 Å². The summed E-state index contributed by atoms with van der Waals surface area (Å²) in [4.78, 5) is 1.84. The fourth-order valence-corrected chi connectivity index (χ4v) is 1.68. The van der Waals surface area contributed by atoms with E-state index in [1.165, 1.54) is 0 Å². The molecular formula is C14H14N2O. The SMILES string of the molecule is CN(/C(=N\O)c1ccccc1)c1ccccc1. The number of oxime groups is 1. The second kappa shape index (κ2) is 5.16. The molecule has 3 heteroatoms. The largest absolute Gasteiger partial charge is 0.409 e. The first kappa shape index (κ1) is 11.2. The van der Waals surface area contributed by atoms with Crippen LogP contribution < -0.4 is 4.90 Å². The molecule has 0 radical (unpaired) electrons. The van der Waals surface area contributed by atoms with Gasteiger partial charge in [-0.3, -0.25) is 0 Å². The molecule has 2 aromatic carbocycles. The van der Waals surface area contributed by atoms with E-state index in [0.717, 1.165) is 11.3 Å². The van der Waals surface area contributed by atoms with Crippen LogP contribution in [0.2, 0.25) is 0 Å². The van der Waals surface area contributed by atoms with Gasteiger partial charge in [0.25, 0.3) is 0 Å². The molecule has 0 saturated heterocycles. The van der Waals surface area contributed by atoms with Gasteiger partial charge in [0, 0.05) is 18.3 Å². The van der Waals surface area contributed by atoms with Crippen LogP contribution in [-0.2, 0) is 0 Å². The van der Waals surface area contributed by atoms with Crippen LogP contribution in [0.15, 0.2) is 65.8 Å².